The number of rotatable bonds is 3. The van der Waals surface area contributed by atoms with Crippen LogP contribution in [-0.4, -0.2) is 78.3 Å². The van der Waals surface area contributed by atoms with Gasteiger partial charge in [-0.05, 0) is 64.3 Å². The molecule has 5 aliphatic rings. The van der Waals surface area contributed by atoms with Gasteiger partial charge in [0, 0.05) is 49.2 Å². The smallest absolute Gasteiger partial charge is 0.237 e. The molecular formula is C22H37FN4O. The predicted molar refractivity (Wildman–Crippen MR) is 108 cm³/mol. The van der Waals surface area contributed by atoms with E-state index in [0.717, 1.165) is 31.3 Å². The van der Waals surface area contributed by atoms with Gasteiger partial charge in [0.2, 0.25) is 5.91 Å². The molecule has 2 bridgehead atoms. The highest BCUT2D eigenvalue weighted by Gasteiger charge is 2.47. The van der Waals surface area contributed by atoms with E-state index >= 15 is 0 Å². The van der Waals surface area contributed by atoms with E-state index < -0.39 is 6.17 Å². The quantitative estimate of drug-likeness (QED) is 0.770. The van der Waals surface area contributed by atoms with Crippen molar-refractivity contribution in [3.05, 3.63) is 0 Å². The number of nitrogens with zero attached hydrogens (tertiary/aromatic N) is 2. The monoisotopic (exact) mass is 392 g/mol. The molecule has 3 heterocycles. The van der Waals surface area contributed by atoms with Crippen molar-refractivity contribution in [2.45, 2.75) is 101 Å². The van der Waals surface area contributed by atoms with Gasteiger partial charge >= 0.3 is 0 Å². The third kappa shape index (κ3) is 3.39. The van der Waals surface area contributed by atoms with Crippen molar-refractivity contribution in [2.24, 2.45) is 11.8 Å². The Hall–Kier alpha value is -0.720. The average Bonchev–Trinajstić information content (AvgIpc) is 3.39. The molecule has 0 radical (unpaired) electrons. The number of carbonyl (C=O) groups excluding carboxylic acids is 1. The molecule has 2 saturated carbocycles. The summed E-state index contributed by atoms with van der Waals surface area (Å²) < 4.78 is 14.4. The lowest BCUT2D eigenvalue weighted by Gasteiger charge is -2.41. The number of likely N-dealkylation sites (tertiary alicyclic amines) is 2. The molecule has 158 valence electrons. The highest BCUT2D eigenvalue weighted by Crippen LogP contribution is 2.39. The van der Waals surface area contributed by atoms with E-state index in [1.165, 1.54) is 32.4 Å². The zero-order valence-electron chi connectivity index (χ0n) is 17.4. The Labute approximate surface area is 168 Å². The average molecular weight is 393 g/mol. The molecule has 28 heavy (non-hydrogen) atoms. The number of piperazine rings is 1. The van der Waals surface area contributed by atoms with Crippen molar-refractivity contribution < 1.29 is 9.18 Å². The molecule has 3 saturated heterocycles. The maximum Gasteiger partial charge on any atom is 0.237 e. The second-order valence-corrected chi connectivity index (χ2v) is 10.4. The molecule has 9 atom stereocenters. The summed E-state index contributed by atoms with van der Waals surface area (Å²) in [6.45, 7) is 4.61. The van der Waals surface area contributed by atoms with Crippen LogP contribution in [-0.2, 0) is 4.79 Å². The van der Waals surface area contributed by atoms with Crippen molar-refractivity contribution in [1.29, 1.82) is 0 Å². The molecule has 0 aromatic carbocycles. The predicted octanol–water partition coefficient (Wildman–Crippen LogP) is 1.92. The van der Waals surface area contributed by atoms with Crippen LogP contribution in [0.3, 0.4) is 0 Å². The molecule has 5 rings (SSSR count). The van der Waals surface area contributed by atoms with E-state index in [4.69, 9.17) is 0 Å². The Bertz CT molecular complexity index is 583. The van der Waals surface area contributed by atoms with Gasteiger partial charge in [-0.1, -0.05) is 6.92 Å². The van der Waals surface area contributed by atoms with Crippen molar-refractivity contribution in [3.63, 3.8) is 0 Å². The van der Waals surface area contributed by atoms with Gasteiger partial charge in [0.05, 0.1) is 6.04 Å². The van der Waals surface area contributed by atoms with Crippen molar-refractivity contribution in [2.75, 3.05) is 20.1 Å². The minimum Gasteiger partial charge on any atom is -0.352 e. The maximum absolute atomic E-state index is 14.4. The van der Waals surface area contributed by atoms with Crippen LogP contribution in [0.2, 0.25) is 0 Å². The molecule has 5 nitrogen and oxygen atoms in total. The van der Waals surface area contributed by atoms with E-state index in [-0.39, 0.29) is 30.0 Å². The summed E-state index contributed by atoms with van der Waals surface area (Å²) >= 11 is 0. The molecule has 2 aliphatic carbocycles. The molecule has 0 aromatic heterocycles. The van der Waals surface area contributed by atoms with Crippen LogP contribution in [0.25, 0.3) is 0 Å². The van der Waals surface area contributed by atoms with Crippen molar-refractivity contribution in [3.8, 4) is 0 Å². The fourth-order valence-electron chi connectivity index (χ4n) is 7.04. The first-order valence-corrected chi connectivity index (χ1v) is 11.7. The summed E-state index contributed by atoms with van der Waals surface area (Å²) in [4.78, 5) is 18.2. The normalized spacial score (nSPS) is 49.3. The van der Waals surface area contributed by atoms with Gasteiger partial charge in [0.15, 0.2) is 0 Å². The van der Waals surface area contributed by atoms with Crippen LogP contribution in [0.5, 0.6) is 0 Å². The Morgan fingerprint density at radius 3 is 2.61 bits per heavy atom. The summed E-state index contributed by atoms with van der Waals surface area (Å²) in [6, 6.07) is 2.34. The van der Waals surface area contributed by atoms with Gasteiger partial charge in [-0.2, -0.15) is 0 Å². The minimum atomic E-state index is -0.741. The first-order chi connectivity index (χ1) is 13.5. The van der Waals surface area contributed by atoms with Gasteiger partial charge in [-0.25, -0.2) is 4.39 Å². The zero-order valence-corrected chi connectivity index (χ0v) is 17.4. The standard InChI is InChI=1S/C22H37FN4O/c1-13-6-7-19(23)18-10-20(25-21(13)18)22(28)24-14-4-3-5-15(8-14)27-12-16-9-17(27)11-26(16)2/h13-21,25H,3-12H2,1-2H3,(H,24,28). The van der Waals surface area contributed by atoms with Gasteiger partial charge in [0.1, 0.15) is 6.17 Å². The largest absolute Gasteiger partial charge is 0.352 e. The third-order valence-electron chi connectivity index (χ3n) is 8.67. The SMILES string of the molecule is CC1CCC(F)C2CC(C(=O)NC3CCCC(N4CC5CC4CN5C)C3)NC12. The van der Waals surface area contributed by atoms with Crippen LogP contribution in [0.1, 0.15) is 58.3 Å². The molecule has 2 N–H and O–H groups in total. The molecule has 9 unspecified atom stereocenters. The Balaban J connectivity index is 1.16. The van der Waals surface area contributed by atoms with E-state index in [1.807, 2.05) is 0 Å². The summed E-state index contributed by atoms with van der Waals surface area (Å²) in [5.74, 6) is 0.607. The van der Waals surface area contributed by atoms with Gasteiger partial charge in [0.25, 0.3) is 0 Å². The highest BCUT2D eigenvalue weighted by atomic mass is 19.1. The fraction of sp³-hybridized carbons (Fsp3) is 0.955. The Morgan fingerprint density at radius 2 is 1.89 bits per heavy atom. The summed E-state index contributed by atoms with van der Waals surface area (Å²) in [7, 11) is 2.25. The molecule has 1 amide bonds. The van der Waals surface area contributed by atoms with Crippen molar-refractivity contribution in [1.82, 2.24) is 20.4 Å². The van der Waals surface area contributed by atoms with E-state index in [9.17, 15) is 9.18 Å². The third-order valence-corrected chi connectivity index (χ3v) is 8.67. The van der Waals surface area contributed by atoms with Crippen LogP contribution in [0, 0.1) is 11.8 Å². The lowest BCUT2D eigenvalue weighted by Crippen LogP contribution is -2.54. The van der Waals surface area contributed by atoms with E-state index in [2.05, 4.69) is 34.4 Å². The zero-order chi connectivity index (χ0) is 19.4. The second kappa shape index (κ2) is 7.51. The molecule has 0 spiro atoms. The van der Waals surface area contributed by atoms with Crippen LogP contribution in [0.15, 0.2) is 0 Å². The highest BCUT2D eigenvalue weighted by molar-refractivity contribution is 5.82. The minimum absolute atomic E-state index is 0.0238. The summed E-state index contributed by atoms with van der Waals surface area (Å²) in [6.07, 6.45) is 7.48. The van der Waals surface area contributed by atoms with E-state index in [0.29, 0.717) is 24.8 Å². The van der Waals surface area contributed by atoms with E-state index in [1.54, 1.807) is 0 Å². The number of likely N-dealkylation sites (N-methyl/N-ethyl adjacent to an activating group) is 1. The van der Waals surface area contributed by atoms with Crippen LogP contribution in [0.4, 0.5) is 4.39 Å². The maximum atomic E-state index is 14.4. The Kier molecular flexibility index (Phi) is 5.17. The first kappa shape index (κ1) is 19.3. The summed E-state index contributed by atoms with van der Waals surface area (Å²) in [5.41, 5.74) is 0. The number of hydrogen-bond acceptors (Lipinski definition) is 4. The number of carbonyl (C=O) groups is 1. The lowest BCUT2D eigenvalue weighted by molar-refractivity contribution is -0.124. The number of hydrogen-bond donors (Lipinski definition) is 2. The number of amides is 1. The number of alkyl halides is 1. The number of halogens is 1. The molecule has 3 aliphatic heterocycles. The topological polar surface area (TPSA) is 47.6 Å². The second-order valence-electron chi connectivity index (χ2n) is 10.4. The van der Waals surface area contributed by atoms with Crippen LogP contribution < -0.4 is 10.6 Å². The number of fused-ring (bicyclic) bond motifs is 3. The van der Waals surface area contributed by atoms with Gasteiger partial charge in [-0.15, -0.1) is 0 Å². The van der Waals surface area contributed by atoms with Gasteiger partial charge < -0.3 is 15.5 Å². The molecule has 0 aromatic rings. The number of nitrogens with one attached hydrogen (secondary N) is 2. The first-order valence-electron chi connectivity index (χ1n) is 11.7. The fourth-order valence-corrected chi connectivity index (χ4v) is 7.04. The lowest BCUT2D eigenvalue weighted by atomic mass is 9.77. The van der Waals surface area contributed by atoms with Crippen molar-refractivity contribution >= 4 is 5.91 Å². The Morgan fingerprint density at radius 1 is 1.04 bits per heavy atom. The van der Waals surface area contributed by atoms with Crippen LogP contribution >= 0.6 is 0 Å². The molecule has 6 heteroatoms. The van der Waals surface area contributed by atoms with Gasteiger partial charge in [-0.3, -0.25) is 9.69 Å². The summed E-state index contributed by atoms with van der Waals surface area (Å²) in [5, 5.41) is 6.83. The molecular weight excluding hydrogens is 355 g/mol. The molecule has 5 fully saturated rings.